The molecule has 1 rings (SSSR count). The second-order valence-electron chi connectivity index (χ2n) is 14.6. The first-order valence-electron chi connectivity index (χ1n) is 21.2. The van der Waals surface area contributed by atoms with Gasteiger partial charge in [-0.25, -0.2) is 0 Å². The summed E-state index contributed by atoms with van der Waals surface area (Å²) in [5.74, 6) is -2.02. The fourth-order valence-corrected chi connectivity index (χ4v) is 6.79. The van der Waals surface area contributed by atoms with Crippen LogP contribution in [-0.4, -0.2) is 96.0 Å². The van der Waals surface area contributed by atoms with Gasteiger partial charge in [0.05, 0.1) is 6.61 Å². The maximum atomic E-state index is 12.8. The molecule has 56 heavy (non-hydrogen) atoms. The molecule has 0 aromatic carbocycles. The largest absolute Gasteiger partial charge is 0.462 e. The highest BCUT2D eigenvalue weighted by atomic mass is 32.2. The third kappa shape index (κ3) is 28.1. The monoisotopic (exact) mass is 814 g/mol. The Labute approximate surface area is 337 Å². The highest BCUT2D eigenvalue weighted by Crippen LogP contribution is 2.24. The number of unbranched alkanes of at least 4 members (excludes halogenated alkanes) is 14. The molecule has 2 unspecified atom stereocenters. The molecule has 1 fully saturated rings. The van der Waals surface area contributed by atoms with Crippen LogP contribution in [0.2, 0.25) is 0 Å². The number of ether oxygens (including phenoxy) is 4. The first-order valence-corrected chi connectivity index (χ1v) is 22.8. The molecule has 1 aliphatic heterocycles. The number of allylic oxidation sites excluding steroid dienone is 8. The third-order valence-electron chi connectivity index (χ3n) is 9.39. The van der Waals surface area contributed by atoms with Crippen molar-refractivity contribution in [2.45, 2.75) is 192 Å². The lowest BCUT2D eigenvalue weighted by Gasteiger charge is -2.40. The van der Waals surface area contributed by atoms with E-state index in [9.17, 15) is 37.9 Å². The predicted molar refractivity (Wildman–Crippen MR) is 219 cm³/mol. The van der Waals surface area contributed by atoms with Gasteiger partial charge in [0.2, 0.25) is 0 Å². The zero-order chi connectivity index (χ0) is 41.3. The summed E-state index contributed by atoms with van der Waals surface area (Å²) in [6.45, 7) is 3.59. The van der Waals surface area contributed by atoms with E-state index in [0.29, 0.717) is 12.8 Å². The molecular weight excluding hydrogens is 741 g/mol. The minimum Gasteiger partial charge on any atom is -0.462 e. The van der Waals surface area contributed by atoms with E-state index in [4.69, 9.17) is 18.9 Å². The van der Waals surface area contributed by atoms with E-state index < -0.39 is 71.2 Å². The molecule has 13 heteroatoms. The number of hydrogen-bond donors (Lipinski definition) is 4. The predicted octanol–water partition coefficient (Wildman–Crippen LogP) is 8.00. The van der Waals surface area contributed by atoms with E-state index in [1.165, 1.54) is 25.7 Å². The lowest BCUT2D eigenvalue weighted by atomic mass is 10.00. The highest BCUT2D eigenvalue weighted by molar-refractivity contribution is 7.85. The first kappa shape index (κ1) is 51.6. The average molecular weight is 815 g/mol. The van der Waals surface area contributed by atoms with Crippen LogP contribution >= 0.6 is 0 Å². The SMILES string of the molecule is CC/C=C/C/C=C/C/C=C/CCCCCCCC(=O)OC[C@H](CO[C@H]1O[C@H](CS(=O)(=O)O)[C@@H](O)C(O)C1O)OC(=O)CCCCCCC/C=C/CCCCCC. The van der Waals surface area contributed by atoms with E-state index in [1.807, 2.05) is 0 Å². The van der Waals surface area contributed by atoms with E-state index >= 15 is 0 Å². The van der Waals surface area contributed by atoms with Crippen LogP contribution in [0.25, 0.3) is 0 Å². The first-order chi connectivity index (χ1) is 27.0. The molecule has 4 N–H and O–H groups in total. The highest BCUT2D eigenvalue weighted by Gasteiger charge is 2.46. The second-order valence-corrected chi connectivity index (χ2v) is 16.1. The van der Waals surface area contributed by atoms with Gasteiger partial charge in [-0.1, -0.05) is 120 Å². The minimum atomic E-state index is -4.60. The molecule has 0 aliphatic carbocycles. The number of esters is 2. The molecule has 0 amide bonds. The fourth-order valence-electron chi connectivity index (χ4n) is 6.10. The zero-order valence-corrected chi connectivity index (χ0v) is 35.0. The van der Waals surface area contributed by atoms with Gasteiger partial charge in [-0.05, 0) is 70.6 Å². The van der Waals surface area contributed by atoms with Crippen molar-refractivity contribution in [3.63, 3.8) is 0 Å². The Kier molecular flexibility index (Phi) is 30.9. The molecular formula is C43H74O12S. The van der Waals surface area contributed by atoms with Crippen molar-refractivity contribution < 1.29 is 56.8 Å². The Morgan fingerprint density at radius 1 is 0.625 bits per heavy atom. The number of carbonyl (C=O) groups excluding carboxylic acids is 2. The van der Waals surface area contributed by atoms with Crippen molar-refractivity contribution >= 4 is 22.1 Å². The smallest absolute Gasteiger partial charge is 0.306 e. The summed E-state index contributed by atoms with van der Waals surface area (Å²) in [5.41, 5.74) is 0. The summed E-state index contributed by atoms with van der Waals surface area (Å²) in [7, 11) is -4.60. The summed E-state index contributed by atoms with van der Waals surface area (Å²) in [6.07, 6.45) is 28.7. The quantitative estimate of drug-likeness (QED) is 0.0213. The van der Waals surface area contributed by atoms with Gasteiger partial charge in [-0.15, -0.1) is 0 Å². The van der Waals surface area contributed by atoms with Crippen LogP contribution in [0.4, 0.5) is 0 Å². The van der Waals surface area contributed by atoms with E-state index in [2.05, 4.69) is 62.5 Å². The van der Waals surface area contributed by atoms with Gasteiger partial charge in [0.1, 0.15) is 36.8 Å². The molecule has 1 saturated heterocycles. The van der Waals surface area contributed by atoms with Crippen LogP contribution in [-0.2, 0) is 38.7 Å². The van der Waals surface area contributed by atoms with Crippen LogP contribution < -0.4 is 0 Å². The lowest BCUT2D eigenvalue weighted by Crippen LogP contribution is -2.60. The van der Waals surface area contributed by atoms with E-state index in [-0.39, 0.29) is 19.4 Å². The minimum absolute atomic E-state index is 0.149. The number of hydrogen-bond acceptors (Lipinski definition) is 11. The number of rotatable bonds is 34. The fraction of sp³-hybridized carbons (Fsp3) is 0.767. The van der Waals surface area contributed by atoms with Gasteiger partial charge < -0.3 is 34.3 Å². The van der Waals surface area contributed by atoms with Crippen LogP contribution in [0.15, 0.2) is 48.6 Å². The van der Waals surface area contributed by atoms with Crippen LogP contribution in [0.1, 0.15) is 155 Å². The average Bonchev–Trinajstić information content (AvgIpc) is 3.16. The van der Waals surface area contributed by atoms with Gasteiger partial charge in [-0.2, -0.15) is 8.42 Å². The van der Waals surface area contributed by atoms with Gasteiger partial charge in [0.15, 0.2) is 12.4 Å². The van der Waals surface area contributed by atoms with Gasteiger partial charge in [-0.3, -0.25) is 14.1 Å². The Morgan fingerprint density at radius 2 is 1.12 bits per heavy atom. The summed E-state index contributed by atoms with van der Waals surface area (Å²) in [6, 6.07) is 0. The van der Waals surface area contributed by atoms with Crippen LogP contribution in [0.3, 0.4) is 0 Å². The maximum Gasteiger partial charge on any atom is 0.306 e. The van der Waals surface area contributed by atoms with Gasteiger partial charge >= 0.3 is 11.9 Å². The molecule has 324 valence electrons. The van der Waals surface area contributed by atoms with Crippen molar-refractivity contribution in [1.29, 1.82) is 0 Å². The lowest BCUT2D eigenvalue weighted by molar-refractivity contribution is -0.297. The van der Waals surface area contributed by atoms with Crippen molar-refractivity contribution in [1.82, 2.24) is 0 Å². The molecule has 0 aromatic heterocycles. The van der Waals surface area contributed by atoms with E-state index in [0.717, 1.165) is 89.9 Å². The Hall–Kier alpha value is -2.39. The standard InChI is InChI=1S/C43H74O12S/c1-3-5-7-9-11-13-15-17-18-20-21-23-25-27-29-31-38(44)52-33-36(34-53-43-42(48)41(47)40(46)37(55-43)35-56(49,50)51)54-39(45)32-30-28-26-24-22-19-16-14-12-10-8-6-4-2/h5,7,11,13-14,16-18,36-37,40-43,46-48H,3-4,6,8-10,12,15,19-35H2,1-2H3,(H,49,50,51)/b7-5+,13-11+,16-14+,18-17+/t36-,37-,40-,41?,42?,43+/m1/s1. The van der Waals surface area contributed by atoms with Crippen molar-refractivity contribution in [3.05, 3.63) is 48.6 Å². The summed E-state index contributed by atoms with van der Waals surface area (Å²) >= 11 is 0. The second kappa shape index (κ2) is 33.6. The molecule has 0 radical (unpaired) electrons. The van der Waals surface area contributed by atoms with E-state index in [1.54, 1.807) is 0 Å². The van der Waals surface area contributed by atoms with Crippen molar-refractivity contribution in [2.24, 2.45) is 0 Å². The van der Waals surface area contributed by atoms with Gasteiger partial charge in [0, 0.05) is 12.8 Å². The molecule has 0 spiro atoms. The molecule has 1 heterocycles. The zero-order valence-electron chi connectivity index (χ0n) is 34.2. The normalized spacial score (nSPS) is 21.1. The van der Waals surface area contributed by atoms with Crippen LogP contribution in [0.5, 0.6) is 0 Å². The van der Waals surface area contributed by atoms with Gasteiger partial charge in [0.25, 0.3) is 10.1 Å². The molecule has 0 aromatic rings. The Morgan fingerprint density at radius 3 is 1.70 bits per heavy atom. The Balaban J connectivity index is 2.50. The summed E-state index contributed by atoms with van der Waals surface area (Å²) < 4.78 is 53.9. The number of aliphatic hydroxyl groups excluding tert-OH is 3. The van der Waals surface area contributed by atoms with Crippen molar-refractivity contribution in [2.75, 3.05) is 19.0 Å². The summed E-state index contributed by atoms with van der Waals surface area (Å²) in [4.78, 5) is 25.3. The summed E-state index contributed by atoms with van der Waals surface area (Å²) in [5, 5.41) is 30.8. The third-order valence-corrected chi connectivity index (χ3v) is 10.1. The topological polar surface area (TPSA) is 186 Å². The number of aliphatic hydroxyl groups is 3. The van der Waals surface area contributed by atoms with Crippen LogP contribution in [0, 0.1) is 0 Å². The molecule has 0 bridgehead atoms. The molecule has 12 nitrogen and oxygen atoms in total. The molecule has 1 aliphatic rings. The molecule has 0 saturated carbocycles. The number of carbonyl (C=O) groups is 2. The maximum absolute atomic E-state index is 12.8. The van der Waals surface area contributed by atoms with Crippen molar-refractivity contribution in [3.8, 4) is 0 Å². The Bertz CT molecular complexity index is 1230. The molecule has 6 atom stereocenters.